The van der Waals surface area contributed by atoms with E-state index < -0.39 is 23.8 Å². The summed E-state index contributed by atoms with van der Waals surface area (Å²) in [6.07, 6.45) is 1.90. The second kappa shape index (κ2) is 5.00. The number of halogens is 3. The molecule has 2 nitrogen and oxygen atoms in total. The molecule has 1 saturated carbocycles. The molecule has 1 aliphatic rings. The molecule has 0 amide bonds. The smallest absolute Gasteiger partial charge is 0.132 e. The van der Waals surface area contributed by atoms with Crippen molar-refractivity contribution in [1.29, 1.82) is 0 Å². The Kier molecular flexibility index (Phi) is 3.80. The van der Waals surface area contributed by atoms with E-state index in [9.17, 15) is 13.9 Å². The molecule has 3 N–H and O–H groups in total. The molecule has 0 aliphatic heterocycles. The van der Waals surface area contributed by atoms with Crippen LogP contribution in [0.5, 0.6) is 0 Å². The third-order valence-corrected chi connectivity index (χ3v) is 3.84. The van der Waals surface area contributed by atoms with Crippen molar-refractivity contribution >= 4 is 15.9 Å². The number of nitrogens with two attached hydrogens (primary N) is 1. The fourth-order valence-electron chi connectivity index (χ4n) is 2.12. The monoisotopic (exact) mass is 305 g/mol. The first-order valence-corrected chi connectivity index (χ1v) is 6.38. The largest absolute Gasteiger partial charge is 0.391 e. The molecule has 0 radical (unpaired) electrons. The minimum Gasteiger partial charge on any atom is -0.391 e. The van der Waals surface area contributed by atoms with Crippen LogP contribution in [-0.2, 0) is 0 Å². The second-order valence-electron chi connectivity index (χ2n) is 4.49. The van der Waals surface area contributed by atoms with Gasteiger partial charge in [0.05, 0.1) is 12.1 Å². The van der Waals surface area contributed by atoms with Gasteiger partial charge in [0.1, 0.15) is 11.6 Å². The molecule has 1 fully saturated rings. The molecular formula is C12H14BrF2NO. The molecular weight excluding hydrogens is 292 g/mol. The van der Waals surface area contributed by atoms with Gasteiger partial charge in [-0.3, -0.25) is 0 Å². The van der Waals surface area contributed by atoms with Gasteiger partial charge in [0.2, 0.25) is 0 Å². The fourth-order valence-corrected chi connectivity index (χ4v) is 2.52. The molecule has 0 heterocycles. The molecule has 0 unspecified atom stereocenters. The summed E-state index contributed by atoms with van der Waals surface area (Å²) in [5.41, 5.74) is 5.53. The Labute approximate surface area is 107 Å². The standard InChI is InChI=1S/C12H14BrF2NO/c13-7-4-8(14)10(9(15)5-7)11(16)12(17)6-2-1-3-6/h4-6,11-12,17H,1-3,16H2/t11-,12+/m1/s1. The zero-order valence-electron chi connectivity index (χ0n) is 9.17. The van der Waals surface area contributed by atoms with Crippen LogP contribution in [0.25, 0.3) is 0 Å². The van der Waals surface area contributed by atoms with E-state index in [1.165, 1.54) is 0 Å². The average Bonchev–Trinajstić information content (AvgIpc) is 2.12. The normalized spacial score (nSPS) is 19.8. The van der Waals surface area contributed by atoms with Crippen molar-refractivity contribution in [2.24, 2.45) is 11.7 Å². The van der Waals surface area contributed by atoms with E-state index in [0.717, 1.165) is 31.4 Å². The molecule has 0 saturated heterocycles. The van der Waals surface area contributed by atoms with Crippen molar-refractivity contribution in [3.63, 3.8) is 0 Å². The first kappa shape index (κ1) is 12.9. The van der Waals surface area contributed by atoms with Gasteiger partial charge in [-0.05, 0) is 30.9 Å². The fraction of sp³-hybridized carbons (Fsp3) is 0.500. The molecule has 1 aliphatic carbocycles. The summed E-state index contributed by atoms with van der Waals surface area (Å²) in [5.74, 6) is -1.38. The van der Waals surface area contributed by atoms with Crippen molar-refractivity contribution < 1.29 is 13.9 Å². The van der Waals surface area contributed by atoms with Gasteiger partial charge in [-0.2, -0.15) is 0 Å². The predicted octanol–water partition coefficient (Wildman–Crippen LogP) is 2.89. The summed E-state index contributed by atoms with van der Waals surface area (Å²) in [4.78, 5) is 0. The van der Waals surface area contributed by atoms with E-state index in [2.05, 4.69) is 15.9 Å². The van der Waals surface area contributed by atoms with Crippen LogP contribution < -0.4 is 5.73 Å². The first-order chi connectivity index (χ1) is 8.00. The summed E-state index contributed by atoms with van der Waals surface area (Å²) in [7, 11) is 0. The highest BCUT2D eigenvalue weighted by Crippen LogP contribution is 2.36. The number of aliphatic hydroxyl groups is 1. The first-order valence-electron chi connectivity index (χ1n) is 5.59. The quantitative estimate of drug-likeness (QED) is 0.902. The number of rotatable bonds is 3. The Bertz CT molecular complexity index is 400. The summed E-state index contributed by atoms with van der Waals surface area (Å²) in [6, 6.07) is 1.31. The maximum Gasteiger partial charge on any atom is 0.132 e. The van der Waals surface area contributed by atoms with Crippen molar-refractivity contribution in [3.8, 4) is 0 Å². The Balaban J connectivity index is 2.26. The van der Waals surface area contributed by atoms with E-state index >= 15 is 0 Å². The van der Waals surface area contributed by atoms with Gasteiger partial charge in [-0.15, -0.1) is 0 Å². The molecule has 0 aromatic heterocycles. The lowest BCUT2D eigenvalue weighted by molar-refractivity contribution is 0.0395. The third-order valence-electron chi connectivity index (χ3n) is 3.38. The van der Waals surface area contributed by atoms with Crippen LogP contribution in [0.15, 0.2) is 16.6 Å². The summed E-state index contributed by atoms with van der Waals surface area (Å²) < 4.78 is 27.6. The molecule has 94 valence electrons. The highest BCUT2D eigenvalue weighted by atomic mass is 79.9. The van der Waals surface area contributed by atoms with Crippen molar-refractivity contribution in [2.45, 2.75) is 31.4 Å². The van der Waals surface area contributed by atoms with Gasteiger partial charge in [-0.1, -0.05) is 22.4 Å². The van der Waals surface area contributed by atoms with Gasteiger partial charge in [0.15, 0.2) is 0 Å². The number of benzene rings is 1. The van der Waals surface area contributed by atoms with Crippen molar-refractivity contribution in [1.82, 2.24) is 0 Å². The Morgan fingerprint density at radius 1 is 1.29 bits per heavy atom. The van der Waals surface area contributed by atoms with Crippen LogP contribution >= 0.6 is 15.9 Å². The third kappa shape index (κ3) is 2.51. The van der Waals surface area contributed by atoms with Crippen molar-refractivity contribution in [2.75, 3.05) is 0 Å². The van der Waals surface area contributed by atoms with Crippen LogP contribution in [-0.4, -0.2) is 11.2 Å². The lowest BCUT2D eigenvalue weighted by atomic mass is 9.77. The second-order valence-corrected chi connectivity index (χ2v) is 5.41. The molecule has 2 atom stereocenters. The lowest BCUT2D eigenvalue weighted by Gasteiger charge is -2.34. The molecule has 1 aromatic rings. The molecule has 0 spiro atoms. The van der Waals surface area contributed by atoms with E-state index in [1.54, 1.807) is 0 Å². The minimum atomic E-state index is -1.01. The van der Waals surface area contributed by atoms with E-state index in [0.29, 0.717) is 4.47 Å². The van der Waals surface area contributed by atoms with Gasteiger partial charge < -0.3 is 10.8 Å². The Morgan fingerprint density at radius 2 is 1.82 bits per heavy atom. The minimum absolute atomic E-state index is 0.0625. The zero-order valence-corrected chi connectivity index (χ0v) is 10.8. The highest BCUT2D eigenvalue weighted by molar-refractivity contribution is 9.10. The Hall–Kier alpha value is -0.520. The van der Waals surface area contributed by atoms with Crippen molar-refractivity contribution in [3.05, 3.63) is 33.8 Å². The maximum atomic E-state index is 13.6. The molecule has 2 rings (SSSR count). The molecule has 1 aromatic carbocycles. The Morgan fingerprint density at radius 3 is 2.24 bits per heavy atom. The molecule has 0 bridgehead atoms. The SMILES string of the molecule is N[C@H](c1c(F)cc(Br)cc1F)[C@@H](O)C1CCC1. The number of aliphatic hydroxyl groups excluding tert-OH is 1. The van der Waals surface area contributed by atoms with Crippen LogP contribution in [0, 0.1) is 17.6 Å². The highest BCUT2D eigenvalue weighted by Gasteiger charge is 2.33. The van der Waals surface area contributed by atoms with Gasteiger partial charge in [-0.25, -0.2) is 8.78 Å². The summed E-state index contributed by atoms with van der Waals surface area (Å²) in [6.45, 7) is 0. The molecule has 5 heteroatoms. The maximum absolute atomic E-state index is 13.6. The number of hydrogen-bond acceptors (Lipinski definition) is 2. The predicted molar refractivity (Wildman–Crippen MR) is 64.3 cm³/mol. The van der Waals surface area contributed by atoms with E-state index in [1.807, 2.05) is 0 Å². The van der Waals surface area contributed by atoms with Crippen LogP contribution in [0.3, 0.4) is 0 Å². The van der Waals surface area contributed by atoms with Crippen LogP contribution in [0.1, 0.15) is 30.9 Å². The van der Waals surface area contributed by atoms with Gasteiger partial charge in [0.25, 0.3) is 0 Å². The summed E-state index contributed by atoms with van der Waals surface area (Å²) in [5, 5.41) is 9.94. The number of hydrogen-bond donors (Lipinski definition) is 2. The van der Waals surface area contributed by atoms with E-state index in [4.69, 9.17) is 5.73 Å². The zero-order chi connectivity index (χ0) is 12.6. The van der Waals surface area contributed by atoms with E-state index in [-0.39, 0.29) is 11.5 Å². The lowest BCUT2D eigenvalue weighted by Crippen LogP contribution is -2.37. The van der Waals surface area contributed by atoms with Gasteiger partial charge in [0, 0.05) is 10.0 Å². The van der Waals surface area contributed by atoms with Gasteiger partial charge >= 0.3 is 0 Å². The van der Waals surface area contributed by atoms with Crippen LogP contribution in [0.2, 0.25) is 0 Å². The average molecular weight is 306 g/mol. The molecule has 17 heavy (non-hydrogen) atoms. The van der Waals surface area contributed by atoms with Crippen LogP contribution in [0.4, 0.5) is 8.78 Å². The topological polar surface area (TPSA) is 46.2 Å². The summed E-state index contributed by atoms with van der Waals surface area (Å²) >= 11 is 3.00.